The Bertz CT molecular complexity index is 1200. The Kier molecular flexibility index (Phi) is 5.08. The second-order valence-corrected chi connectivity index (χ2v) is 7.09. The van der Waals surface area contributed by atoms with E-state index in [2.05, 4.69) is 11.5 Å². The van der Waals surface area contributed by atoms with Gasteiger partial charge in [0.15, 0.2) is 5.76 Å². The second-order valence-electron chi connectivity index (χ2n) is 7.09. The Balaban J connectivity index is 1.76. The number of esters is 1. The van der Waals surface area contributed by atoms with Gasteiger partial charge >= 0.3 is 5.97 Å². The molecule has 0 spiro atoms. The molecule has 0 atom stereocenters. The van der Waals surface area contributed by atoms with E-state index in [-0.39, 0.29) is 23.9 Å². The van der Waals surface area contributed by atoms with Gasteiger partial charge in [-0.2, -0.15) is 0 Å². The molecule has 0 fully saturated rings. The molecule has 0 bridgehead atoms. The first-order chi connectivity index (χ1) is 14.5. The maximum atomic E-state index is 12.9. The number of hydrogen-bond donors (Lipinski definition) is 0. The number of carbonyl (C=O) groups is 2. The molecular formula is C24H23NO5. The summed E-state index contributed by atoms with van der Waals surface area (Å²) >= 11 is 0. The number of rotatable bonds is 5. The minimum Gasteiger partial charge on any atom is -0.497 e. The molecule has 1 aromatic heterocycles. The fourth-order valence-electron chi connectivity index (χ4n) is 3.62. The van der Waals surface area contributed by atoms with Crippen LogP contribution in [0.1, 0.15) is 41.8 Å². The average Bonchev–Trinajstić information content (AvgIpc) is 3.27. The Labute approximate surface area is 174 Å². The van der Waals surface area contributed by atoms with Crippen molar-refractivity contribution < 1.29 is 23.8 Å². The topological polar surface area (TPSA) is 66.8 Å². The van der Waals surface area contributed by atoms with Crippen molar-refractivity contribution >= 4 is 28.7 Å². The van der Waals surface area contributed by atoms with Crippen LogP contribution in [0.3, 0.4) is 0 Å². The molecule has 0 saturated heterocycles. The molecule has 6 nitrogen and oxygen atoms in total. The number of ketones is 1. The highest BCUT2D eigenvalue weighted by Gasteiger charge is 2.30. The molecular weight excluding hydrogens is 382 g/mol. The van der Waals surface area contributed by atoms with E-state index in [0.29, 0.717) is 22.6 Å². The molecule has 154 valence electrons. The van der Waals surface area contributed by atoms with Gasteiger partial charge in [0.05, 0.1) is 12.7 Å². The van der Waals surface area contributed by atoms with Gasteiger partial charge in [-0.3, -0.25) is 9.59 Å². The van der Waals surface area contributed by atoms with E-state index in [1.807, 2.05) is 24.4 Å². The molecule has 0 unspecified atom stereocenters. The molecule has 2 heterocycles. The molecule has 0 N–H and O–H groups in total. The van der Waals surface area contributed by atoms with Gasteiger partial charge in [-0.1, -0.05) is 6.92 Å². The fraction of sp³-hybridized carbons (Fsp3) is 0.250. The summed E-state index contributed by atoms with van der Waals surface area (Å²) in [4.78, 5) is 24.6. The Morgan fingerprint density at radius 1 is 1.20 bits per heavy atom. The number of Topliss-reactive ketones (excluding diaryl/α,β-unsaturated/α-hetero) is 1. The standard InChI is InChI=1S/C24H23NO5/c1-5-22(26)29-20-10-8-17-23(27)21(30-24(17)14(20)3)11-15-13-25(6-2)19-9-7-16(28-4)12-18(15)19/h7-13H,5-6H2,1-4H3/b21-11-. The van der Waals surface area contributed by atoms with E-state index in [9.17, 15) is 9.59 Å². The van der Waals surface area contributed by atoms with Crippen LogP contribution in [0.25, 0.3) is 17.0 Å². The third-order valence-corrected chi connectivity index (χ3v) is 5.30. The van der Waals surface area contributed by atoms with E-state index in [1.54, 1.807) is 39.2 Å². The quantitative estimate of drug-likeness (QED) is 0.343. The Morgan fingerprint density at radius 3 is 2.70 bits per heavy atom. The molecule has 0 saturated carbocycles. The molecule has 2 aromatic carbocycles. The van der Waals surface area contributed by atoms with E-state index >= 15 is 0 Å². The van der Waals surface area contributed by atoms with Crippen LogP contribution in [0.15, 0.2) is 42.3 Å². The number of carbonyl (C=O) groups excluding carboxylic acids is 2. The number of aromatic nitrogens is 1. The maximum absolute atomic E-state index is 12.9. The van der Waals surface area contributed by atoms with Crippen LogP contribution in [0.4, 0.5) is 0 Å². The maximum Gasteiger partial charge on any atom is 0.310 e. The number of nitrogens with zero attached hydrogens (tertiary/aromatic N) is 1. The van der Waals surface area contributed by atoms with Gasteiger partial charge in [0.2, 0.25) is 5.78 Å². The summed E-state index contributed by atoms with van der Waals surface area (Å²) in [7, 11) is 1.63. The second kappa shape index (κ2) is 7.71. The van der Waals surface area contributed by atoms with E-state index in [4.69, 9.17) is 14.2 Å². The number of fused-ring (bicyclic) bond motifs is 2. The number of hydrogen-bond acceptors (Lipinski definition) is 5. The van der Waals surface area contributed by atoms with Crippen molar-refractivity contribution in [1.82, 2.24) is 4.57 Å². The predicted octanol–water partition coefficient (Wildman–Crippen LogP) is 4.91. The molecule has 4 rings (SSSR count). The molecule has 6 heteroatoms. The SMILES string of the molecule is CCC(=O)Oc1ccc2c(c1C)O/C(=C\c1cn(CC)c3ccc(OC)cc13)C2=O. The van der Waals surface area contributed by atoms with Gasteiger partial charge in [0.25, 0.3) is 0 Å². The van der Waals surface area contributed by atoms with Gasteiger partial charge in [-0.25, -0.2) is 0 Å². The third-order valence-electron chi connectivity index (χ3n) is 5.30. The van der Waals surface area contributed by atoms with Crippen LogP contribution < -0.4 is 14.2 Å². The van der Waals surface area contributed by atoms with Crippen molar-refractivity contribution in [3.8, 4) is 17.2 Å². The van der Waals surface area contributed by atoms with Crippen molar-refractivity contribution in [1.29, 1.82) is 0 Å². The highest BCUT2D eigenvalue weighted by Crippen LogP contribution is 2.40. The van der Waals surface area contributed by atoms with Crippen LogP contribution in [0.2, 0.25) is 0 Å². The zero-order chi connectivity index (χ0) is 21.4. The first-order valence-electron chi connectivity index (χ1n) is 9.92. The highest BCUT2D eigenvalue weighted by molar-refractivity contribution is 6.15. The van der Waals surface area contributed by atoms with E-state index < -0.39 is 0 Å². The van der Waals surface area contributed by atoms with Crippen molar-refractivity contribution in [2.24, 2.45) is 0 Å². The van der Waals surface area contributed by atoms with Crippen molar-refractivity contribution in [2.45, 2.75) is 33.7 Å². The Morgan fingerprint density at radius 2 is 2.00 bits per heavy atom. The smallest absolute Gasteiger partial charge is 0.310 e. The van der Waals surface area contributed by atoms with Crippen LogP contribution >= 0.6 is 0 Å². The molecule has 0 amide bonds. The summed E-state index contributed by atoms with van der Waals surface area (Å²) in [6.07, 6.45) is 4.03. The summed E-state index contributed by atoms with van der Waals surface area (Å²) in [6.45, 7) is 6.37. The number of allylic oxidation sites excluding steroid dienone is 1. The fourth-order valence-corrected chi connectivity index (χ4v) is 3.62. The minimum absolute atomic E-state index is 0.193. The van der Waals surface area contributed by atoms with Gasteiger partial charge in [-0.15, -0.1) is 0 Å². The summed E-state index contributed by atoms with van der Waals surface area (Å²) in [5, 5.41) is 0.977. The highest BCUT2D eigenvalue weighted by atomic mass is 16.5. The van der Waals surface area contributed by atoms with E-state index in [1.165, 1.54) is 0 Å². The molecule has 1 aliphatic rings. The van der Waals surface area contributed by atoms with Crippen LogP contribution in [0, 0.1) is 6.92 Å². The number of aryl methyl sites for hydroxylation is 1. The van der Waals surface area contributed by atoms with E-state index in [0.717, 1.165) is 28.8 Å². The molecule has 0 radical (unpaired) electrons. The predicted molar refractivity (Wildman–Crippen MR) is 114 cm³/mol. The number of ether oxygens (including phenoxy) is 3. The van der Waals surface area contributed by atoms with Crippen LogP contribution in [0.5, 0.6) is 17.2 Å². The number of methoxy groups -OCH3 is 1. The molecule has 0 aliphatic carbocycles. The first-order valence-corrected chi connectivity index (χ1v) is 9.92. The average molecular weight is 405 g/mol. The zero-order valence-corrected chi connectivity index (χ0v) is 17.4. The number of benzene rings is 2. The van der Waals surface area contributed by atoms with Crippen molar-refractivity contribution in [3.05, 3.63) is 59.0 Å². The largest absolute Gasteiger partial charge is 0.497 e. The summed E-state index contributed by atoms with van der Waals surface area (Å²) in [5.41, 5.74) is 3.02. The monoisotopic (exact) mass is 405 g/mol. The van der Waals surface area contributed by atoms with Gasteiger partial charge in [0, 0.05) is 41.2 Å². The normalized spacial score (nSPS) is 14.1. The Hall–Kier alpha value is -3.54. The first kappa shape index (κ1) is 19.8. The van der Waals surface area contributed by atoms with Gasteiger partial charge in [0.1, 0.15) is 17.2 Å². The lowest BCUT2D eigenvalue weighted by Crippen LogP contribution is -2.06. The summed E-state index contributed by atoms with van der Waals surface area (Å²) < 4.78 is 18.8. The van der Waals surface area contributed by atoms with Gasteiger partial charge in [-0.05, 0) is 50.3 Å². The lowest BCUT2D eigenvalue weighted by molar-refractivity contribution is -0.134. The van der Waals surface area contributed by atoms with Gasteiger partial charge < -0.3 is 18.8 Å². The summed E-state index contributed by atoms with van der Waals surface area (Å²) in [5.74, 6) is 1.30. The lowest BCUT2D eigenvalue weighted by Gasteiger charge is -2.09. The lowest BCUT2D eigenvalue weighted by atomic mass is 10.1. The minimum atomic E-state index is -0.334. The molecule has 30 heavy (non-hydrogen) atoms. The zero-order valence-electron chi connectivity index (χ0n) is 17.4. The van der Waals surface area contributed by atoms with Crippen molar-refractivity contribution in [3.63, 3.8) is 0 Å². The third kappa shape index (κ3) is 3.24. The van der Waals surface area contributed by atoms with Crippen LogP contribution in [-0.4, -0.2) is 23.4 Å². The van der Waals surface area contributed by atoms with Crippen molar-refractivity contribution in [2.75, 3.05) is 7.11 Å². The molecule has 1 aliphatic heterocycles. The van der Waals surface area contributed by atoms with Crippen LogP contribution in [-0.2, 0) is 11.3 Å². The molecule has 3 aromatic rings. The summed E-state index contributed by atoms with van der Waals surface area (Å²) in [6, 6.07) is 9.15.